The number of Topliss-reactive ketones (excluding diaryl/α,β-unsaturated/α-hetero) is 3. The number of rotatable bonds is 6. The van der Waals surface area contributed by atoms with E-state index >= 15 is 0 Å². The Kier molecular flexibility index (Phi) is 10.5. The minimum absolute atomic E-state index is 0.203. The molecule has 0 saturated heterocycles. The van der Waals surface area contributed by atoms with E-state index in [0.717, 1.165) is 13.3 Å². The van der Waals surface area contributed by atoms with Crippen molar-refractivity contribution in [1.29, 1.82) is 0 Å². The maximum absolute atomic E-state index is 10.8. The molecular formula is C10H17NO5. The van der Waals surface area contributed by atoms with Crippen LogP contribution in [0.1, 0.15) is 33.1 Å². The molecule has 0 spiro atoms. The molecule has 6 nitrogen and oxygen atoms in total. The number of aliphatic carboxylic acids is 1. The van der Waals surface area contributed by atoms with Gasteiger partial charge in [0.05, 0.1) is 6.54 Å². The summed E-state index contributed by atoms with van der Waals surface area (Å²) in [5, 5.41) is 7.60. The predicted octanol–water partition coefficient (Wildman–Crippen LogP) is -0.0665. The number of unbranched alkanes of at least 4 members (excludes halogenated alkanes) is 1. The van der Waals surface area contributed by atoms with E-state index in [2.05, 4.69) is 5.73 Å². The van der Waals surface area contributed by atoms with Crippen LogP contribution >= 0.6 is 0 Å². The van der Waals surface area contributed by atoms with Gasteiger partial charge in [-0.05, 0) is 6.42 Å². The maximum Gasteiger partial charge on any atom is 0.317 e. The van der Waals surface area contributed by atoms with Gasteiger partial charge in [-0.2, -0.15) is 0 Å². The standard InChI is InChI=1S/C8H12O3.C2H5NO2/c1-3-4-5-7(10)8(11)6(2)9;3-1-2(4)5/h3-5H2,1-2H3;1,3H2,(H,4,5). The summed E-state index contributed by atoms with van der Waals surface area (Å²) in [4.78, 5) is 41.0. The third kappa shape index (κ3) is 10.5. The molecule has 0 aromatic rings. The molecule has 0 aromatic carbocycles. The van der Waals surface area contributed by atoms with Gasteiger partial charge in [-0.3, -0.25) is 19.2 Å². The quantitative estimate of drug-likeness (QED) is 0.488. The first-order valence-electron chi connectivity index (χ1n) is 4.86. The highest BCUT2D eigenvalue weighted by Gasteiger charge is 2.16. The van der Waals surface area contributed by atoms with Crippen molar-refractivity contribution in [2.24, 2.45) is 5.73 Å². The summed E-state index contributed by atoms with van der Waals surface area (Å²) in [5.41, 5.74) is 4.57. The second-order valence-corrected chi connectivity index (χ2v) is 3.01. The van der Waals surface area contributed by atoms with Gasteiger partial charge in [0.25, 0.3) is 5.78 Å². The van der Waals surface area contributed by atoms with Gasteiger partial charge in [0, 0.05) is 13.3 Å². The van der Waals surface area contributed by atoms with Gasteiger partial charge >= 0.3 is 5.97 Å². The van der Waals surface area contributed by atoms with Crippen LogP contribution in [-0.2, 0) is 19.2 Å². The Morgan fingerprint density at radius 3 is 1.88 bits per heavy atom. The molecule has 6 heteroatoms. The van der Waals surface area contributed by atoms with Crippen LogP contribution in [0.15, 0.2) is 0 Å². The molecule has 16 heavy (non-hydrogen) atoms. The molecule has 0 atom stereocenters. The van der Waals surface area contributed by atoms with E-state index < -0.39 is 23.3 Å². The number of ketones is 3. The summed E-state index contributed by atoms with van der Waals surface area (Å²) < 4.78 is 0. The number of hydrogen-bond acceptors (Lipinski definition) is 5. The number of carboxylic acid groups (broad SMARTS) is 1. The summed E-state index contributed by atoms with van der Waals surface area (Å²) in [5.74, 6) is -3.05. The Morgan fingerprint density at radius 2 is 1.62 bits per heavy atom. The van der Waals surface area contributed by atoms with Gasteiger partial charge in [0.2, 0.25) is 11.6 Å². The van der Waals surface area contributed by atoms with E-state index in [0.29, 0.717) is 6.42 Å². The highest BCUT2D eigenvalue weighted by Crippen LogP contribution is 1.96. The van der Waals surface area contributed by atoms with Gasteiger partial charge in [-0.15, -0.1) is 0 Å². The lowest BCUT2D eigenvalue weighted by molar-refractivity contribution is -0.143. The largest absolute Gasteiger partial charge is 0.480 e. The fraction of sp³-hybridized carbons (Fsp3) is 0.600. The minimum Gasteiger partial charge on any atom is -0.480 e. The van der Waals surface area contributed by atoms with Crippen LogP contribution in [0.2, 0.25) is 0 Å². The fourth-order valence-corrected chi connectivity index (χ4v) is 0.647. The molecule has 0 aliphatic heterocycles. The Bertz CT molecular complexity index is 272. The van der Waals surface area contributed by atoms with Crippen molar-refractivity contribution in [3.63, 3.8) is 0 Å². The fourth-order valence-electron chi connectivity index (χ4n) is 0.647. The van der Waals surface area contributed by atoms with Gasteiger partial charge in [0.15, 0.2) is 0 Å². The smallest absolute Gasteiger partial charge is 0.317 e. The number of carbonyl (C=O) groups is 4. The lowest BCUT2D eigenvalue weighted by Crippen LogP contribution is -2.20. The summed E-state index contributed by atoms with van der Waals surface area (Å²) in [6, 6.07) is 0. The topological polar surface area (TPSA) is 115 Å². The highest BCUT2D eigenvalue weighted by atomic mass is 16.4. The zero-order valence-corrected chi connectivity index (χ0v) is 9.49. The Morgan fingerprint density at radius 1 is 1.19 bits per heavy atom. The molecule has 0 rings (SSSR count). The summed E-state index contributed by atoms with van der Waals surface area (Å²) in [6.07, 6.45) is 1.74. The Balaban J connectivity index is 0. The summed E-state index contributed by atoms with van der Waals surface area (Å²) in [7, 11) is 0. The molecular weight excluding hydrogens is 214 g/mol. The number of carbonyl (C=O) groups excluding carboxylic acids is 3. The lowest BCUT2D eigenvalue weighted by atomic mass is 10.1. The van der Waals surface area contributed by atoms with Gasteiger partial charge in [-0.25, -0.2) is 0 Å². The van der Waals surface area contributed by atoms with Crippen LogP contribution in [0.3, 0.4) is 0 Å². The first-order chi connectivity index (χ1) is 7.36. The molecule has 0 aliphatic rings. The maximum atomic E-state index is 10.8. The zero-order valence-electron chi connectivity index (χ0n) is 9.49. The molecule has 92 valence electrons. The first kappa shape index (κ1) is 16.9. The Hall–Kier alpha value is -1.56. The monoisotopic (exact) mass is 231 g/mol. The van der Waals surface area contributed by atoms with Crippen LogP contribution < -0.4 is 5.73 Å². The number of hydrogen-bond donors (Lipinski definition) is 2. The van der Waals surface area contributed by atoms with Crippen molar-refractivity contribution in [1.82, 2.24) is 0 Å². The average Bonchev–Trinajstić information content (AvgIpc) is 2.25. The van der Waals surface area contributed by atoms with E-state index in [1.807, 2.05) is 6.92 Å². The first-order valence-corrected chi connectivity index (χ1v) is 4.86. The van der Waals surface area contributed by atoms with Crippen LogP contribution in [-0.4, -0.2) is 35.0 Å². The minimum atomic E-state index is -0.968. The number of nitrogens with two attached hydrogens (primary N) is 1. The van der Waals surface area contributed by atoms with Crippen molar-refractivity contribution < 1.29 is 24.3 Å². The third-order valence-electron chi connectivity index (χ3n) is 1.51. The van der Waals surface area contributed by atoms with Crippen LogP contribution in [0.5, 0.6) is 0 Å². The summed E-state index contributed by atoms with van der Waals surface area (Å²) >= 11 is 0. The van der Waals surface area contributed by atoms with Crippen molar-refractivity contribution in [2.75, 3.05) is 6.54 Å². The lowest BCUT2D eigenvalue weighted by Gasteiger charge is -1.93. The van der Waals surface area contributed by atoms with Crippen molar-refractivity contribution >= 4 is 23.3 Å². The third-order valence-corrected chi connectivity index (χ3v) is 1.51. The molecule has 0 heterocycles. The van der Waals surface area contributed by atoms with E-state index in [-0.39, 0.29) is 13.0 Å². The van der Waals surface area contributed by atoms with Crippen molar-refractivity contribution in [3.8, 4) is 0 Å². The summed E-state index contributed by atoms with van der Waals surface area (Å²) in [6.45, 7) is 2.76. The molecule has 0 bridgehead atoms. The highest BCUT2D eigenvalue weighted by molar-refractivity contribution is 6.63. The Labute approximate surface area is 93.8 Å². The average molecular weight is 231 g/mol. The van der Waals surface area contributed by atoms with Crippen LogP contribution in [0.4, 0.5) is 0 Å². The molecule has 0 saturated carbocycles. The second-order valence-electron chi connectivity index (χ2n) is 3.01. The van der Waals surface area contributed by atoms with Gasteiger partial charge in [0.1, 0.15) is 0 Å². The van der Waals surface area contributed by atoms with E-state index in [1.54, 1.807) is 0 Å². The van der Waals surface area contributed by atoms with E-state index in [4.69, 9.17) is 5.11 Å². The number of carboxylic acids is 1. The SMILES string of the molecule is CCCCC(=O)C(=O)C(C)=O.NCC(=O)O. The normalized spacial score (nSPS) is 8.69. The zero-order chi connectivity index (χ0) is 13.1. The molecule has 0 aliphatic carbocycles. The molecule has 0 unspecified atom stereocenters. The van der Waals surface area contributed by atoms with Crippen molar-refractivity contribution in [2.45, 2.75) is 33.1 Å². The molecule has 3 N–H and O–H groups in total. The molecule has 0 aromatic heterocycles. The van der Waals surface area contributed by atoms with Crippen LogP contribution in [0, 0.1) is 0 Å². The van der Waals surface area contributed by atoms with E-state index in [9.17, 15) is 19.2 Å². The van der Waals surface area contributed by atoms with Gasteiger partial charge in [-0.1, -0.05) is 13.3 Å². The second kappa shape index (κ2) is 9.97. The predicted molar refractivity (Wildman–Crippen MR) is 56.9 cm³/mol. The van der Waals surface area contributed by atoms with Crippen LogP contribution in [0.25, 0.3) is 0 Å². The molecule has 0 fully saturated rings. The molecule has 0 radical (unpaired) electrons. The van der Waals surface area contributed by atoms with Gasteiger partial charge < -0.3 is 10.8 Å². The van der Waals surface area contributed by atoms with E-state index in [1.165, 1.54) is 0 Å². The molecule has 0 amide bonds. The van der Waals surface area contributed by atoms with Crippen molar-refractivity contribution in [3.05, 3.63) is 0 Å².